The Balaban J connectivity index is 1.34. The topological polar surface area (TPSA) is 72.6 Å². The zero-order valence-corrected chi connectivity index (χ0v) is 16.8. The molecule has 1 amide bonds. The summed E-state index contributed by atoms with van der Waals surface area (Å²) in [5.74, 6) is -0.201. The highest BCUT2D eigenvalue weighted by Gasteiger charge is 2.22. The Bertz CT molecular complexity index is 1260. The molecule has 2 aromatic carbocycles. The van der Waals surface area contributed by atoms with Gasteiger partial charge >= 0.3 is 5.97 Å². The molecule has 0 N–H and O–H groups in total. The quantitative estimate of drug-likeness (QED) is 0.469. The minimum Gasteiger partial charge on any atom is -0.463 e. The molecule has 1 aliphatic rings. The summed E-state index contributed by atoms with van der Waals surface area (Å²) in [6, 6.07) is 20.6. The molecule has 31 heavy (non-hydrogen) atoms. The first-order chi connectivity index (χ1) is 15.2. The predicted octanol–water partition coefficient (Wildman–Crippen LogP) is 4.24. The highest BCUT2D eigenvalue weighted by molar-refractivity contribution is 6.05. The van der Waals surface area contributed by atoms with Crippen molar-refractivity contribution >= 4 is 22.8 Å². The normalized spacial score (nSPS) is 13.1. The summed E-state index contributed by atoms with van der Waals surface area (Å²) in [7, 11) is 0. The number of aromatic nitrogens is 1. The first-order valence-corrected chi connectivity index (χ1v) is 10.1. The van der Waals surface area contributed by atoms with Gasteiger partial charge in [0.05, 0.1) is 17.3 Å². The van der Waals surface area contributed by atoms with Crippen LogP contribution in [0.4, 0.5) is 0 Å². The summed E-state index contributed by atoms with van der Waals surface area (Å²) in [6.45, 7) is 0.856. The van der Waals surface area contributed by atoms with E-state index in [4.69, 9.17) is 9.15 Å². The standard InChI is InChI=1S/C25H20N2O4/c28-24(27-12-11-17-6-1-2-7-18(17)15-27)16-31-25(29)20-14-22(23-10-5-13-30-23)26-21-9-4-3-8-19(20)21/h1-10,13-14H,11-12,15-16H2. The number of ether oxygens (including phenoxy) is 1. The molecule has 2 aromatic heterocycles. The Morgan fingerprint density at radius 2 is 1.81 bits per heavy atom. The van der Waals surface area contributed by atoms with Crippen molar-refractivity contribution in [2.45, 2.75) is 13.0 Å². The van der Waals surface area contributed by atoms with E-state index in [1.165, 1.54) is 5.56 Å². The zero-order valence-electron chi connectivity index (χ0n) is 16.8. The van der Waals surface area contributed by atoms with Crippen LogP contribution in [-0.4, -0.2) is 34.9 Å². The number of carbonyl (C=O) groups is 2. The zero-order chi connectivity index (χ0) is 21.2. The van der Waals surface area contributed by atoms with Crippen molar-refractivity contribution in [1.29, 1.82) is 0 Å². The average Bonchev–Trinajstić information content (AvgIpc) is 3.36. The number of pyridine rings is 1. The van der Waals surface area contributed by atoms with Crippen molar-refractivity contribution in [2.75, 3.05) is 13.2 Å². The van der Waals surface area contributed by atoms with E-state index in [9.17, 15) is 9.59 Å². The van der Waals surface area contributed by atoms with Crippen molar-refractivity contribution in [1.82, 2.24) is 9.88 Å². The molecule has 0 bridgehead atoms. The van der Waals surface area contributed by atoms with Crippen LogP contribution < -0.4 is 0 Å². The Morgan fingerprint density at radius 1 is 1.00 bits per heavy atom. The summed E-state index contributed by atoms with van der Waals surface area (Å²) in [4.78, 5) is 31.9. The van der Waals surface area contributed by atoms with Crippen LogP contribution in [0.2, 0.25) is 0 Å². The van der Waals surface area contributed by atoms with Gasteiger partial charge in [-0.15, -0.1) is 0 Å². The molecule has 6 heteroatoms. The number of nitrogens with zero attached hydrogens (tertiary/aromatic N) is 2. The summed E-state index contributed by atoms with van der Waals surface area (Å²) in [5.41, 5.74) is 3.94. The molecule has 0 radical (unpaired) electrons. The fourth-order valence-corrected chi connectivity index (χ4v) is 3.90. The number of para-hydroxylation sites is 1. The molecule has 1 aliphatic heterocycles. The maximum absolute atomic E-state index is 12.9. The van der Waals surface area contributed by atoms with Crippen LogP contribution in [0, 0.1) is 0 Å². The average molecular weight is 412 g/mol. The summed E-state index contributed by atoms with van der Waals surface area (Å²) >= 11 is 0. The molecule has 5 rings (SSSR count). The fourth-order valence-electron chi connectivity index (χ4n) is 3.90. The molecule has 0 unspecified atom stereocenters. The van der Waals surface area contributed by atoms with Gasteiger partial charge in [-0.05, 0) is 41.8 Å². The molecule has 0 saturated heterocycles. The second-order valence-corrected chi connectivity index (χ2v) is 7.46. The minimum absolute atomic E-state index is 0.201. The Kier molecular flexibility index (Phi) is 4.96. The molecule has 4 aromatic rings. The summed E-state index contributed by atoms with van der Waals surface area (Å²) in [5, 5.41) is 0.669. The third kappa shape index (κ3) is 3.80. The number of carbonyl (C=O) groups excluding carboxylic acids is 2. The van der Waals surface area contributed by atoms with E-state index in [1.54, 1.807) is 29.4 Å². The highest BCUT2D eigenvalue weighted by Crippen LogP contribution is 2.26. The third-order valence-electron chi connectivity index (χ3n) is 5.52. The molecular weight excluding hydrogens is 392 g/mol. The van der Waals surface area contributed by atoms with Gasteiger partial charge in [0, 0.05) is 18.5 Å². The molecule has 0 atom stereocenters. The molecule has 0 aliphatic carbocycles. The van der Waals surface area contributed by atoms with Gasteiger partial charge in [-0.1, -0.05) is 42.5 Å². The Morgan fingerprint density at radius 3 is 2.65 bits per heavy atom. The van der Waals surface area contributed by atoms with Crippen LogP contribution in [0.3, 0.4) is 0 Å². The lowest BCUT2D eigenvalue weighted by atomic mass is 10.00. The number of rotatable bonds is 4. The molecule has 0 fully saturated rings. The summed E-state index contributed by atoms with van der Waals surface area (Å²) in [6.07, 6.45) is 2.36. The molecule has 0 saturated carbocycles. The number of benzene rings is 2. The summed E-state index contributed by atoms with van der Waals surface area (Å²) < 4.78 is 10.9. The van der Waals surface area contributed by atoms with E-state index in [0.717, 1.165) is 12.0 Å². The maximum atomic E-state index is 12.9. The highest BCUT2D eigenvalue weighted by atomic mass is 16.5. The maximum Gasteiger partial charge on any atom is 0.339 e. The lowest BCUT2D eigenvalue weighted by Gasteiger charge is -2.28. The van der Waals surface area contributed by atoms with Gasteiger partial charge in [-0.3, -0.25) is 4.79 Å². The van der Waals surface area contributed by atoms with Crippen LogP contribution in [0.5, 0.6) is 0 Å². The van der Waals surface area contributed by atoms with E-state index >= 15 is 0 Å². The monoisotopic (exact) mass is 412 g/mol. The van der Waals surface area contributed by atoms with E-state index in [0.29, 0.717) is 41.0 Å². The predicted molar refractivity (Wildman–Crippen MR) is 115 cm³/mol. The van der Waals surface area contributed by atoms with Gasteiger partial charge in [0.15, 0.2) is 12.4 Å². The van der Waals surface area contributed by atoms with Crippen molar-refractivity contribution < 1.29 is 18.7 Å². The van der Waals surface area contributed by atoms with E-state index in [2.05, 4.69) is 11.1 Å². The number of esters is 1. The smallest absolute Gasteiger partial charge is 0.339 e. The SMILES string of the molecule is O=C(OCC(=O)N1CCc2ccccc2C1)c1cc(-c2ccco2)nc2ccccc12. The molecule has 6 nitrogen and oxygen atoms in total. The number of hydrogen-bond donors (Lipinski definition) is 0. The first kappa shape index (κ1) is 19.1. The second kappa shape index (κ2) is 8.07. The van der Waals surface area contributed by atoms with Crippen LogP contribution in [0.1, 0.15) is 21.5 Å². The molecular formula is C25H20N2O4. The van der Waals surface area contributed by atoms with E-state index < -0.39 is 5.97 Å². The lowest BCUT2D eigenvalue weighted by molar-refractivity contribution is -0.135. The largest absolute Gasteiger partial charge is 0.463 e. The van der Waals surface area contributed by atoms with Crippen molar-refractivity contribution in [3.8, 4) is 11.5 Å². The molecule has 0 spiro atoms. The Hall–Kier alpha value is -3.93. The fraction of sp³-hybridized carbons (Fsp3) is 0.160. The second-order valence-electron chi connectivity index (χ2n) is 7.46. The van der Waals surface area contributed by atoms with Crippen molar-refractivity contribution in [3.05, 3.63) is 89.7 Å². The molecule has 154 valence electrons. The van der Waals surface area contributed by atoms with Crippen molar-refractivity contribution in [2.24, 2.45) is 0 Å². The van der Waals surface area contributed by atoms with E-state index in [-0.39, 0.29) is 12.5 Å². The number of furan rings is 1. The van der Waals surface area contributed by atoms with Crippen LogP contribution in [0.15, 0.2) is 77.4 Å². The van der Waals surface area contributed by atoms with Crippen LogP contribution in [-0.2, 0) is 22.5 Å². The van der Waals surface area contributed by atoms with Gasteiger partial charge in [0.2, 0.25) is 0 Å². The minimum atomic E-state index is -0.558. The van der Waals surface area contributed by atoms with Gasteiger partial charge in [-0.25, -0.2) is 9.78 Å². The van der Waals surface area contributed by atoms with Gasteiger partial charge in [0.1, 0.15) is 5.69 Å². The number of hydrogen-bond acceptors (Lipinski definition) is 5. The van der Waals surface area contributed by atoms with Gasteiger partial charge in [0.25, 0.3) is 5.91 Å². The Labute approximate surface area is 179 Å². The van der Waals surface area contributed by atoms with Crippen LogP contribution in [0.25, 0.3) is 22.4 Å². The van der Waals surface area contributed by atoms with E-state index in [1.807, 2.05) is 42.5 Å². The lowest BCUT2D eigenvalue weighted by Crippen LogP contribution is -2.38. The van der Waals surface area contributed by atoms with Gasteiger partial charge in [-0.2, -0.15) is 0 Å². The number of amides is 1. The molecule has 3 heterocycles. The third-order valence-corrected chi connectivity index (χ3v) is 5.52. The van der Waals surface area contributed by atoms with Crippen molar-refractivity contribution in [3.63, 3.8) is 0 Å². The number of fused-ring (bicyclic) bond motifs is 2. The van der Waals surface area contributed by atoms with Crippen LogP contribution >= 0.6 is 0 Å². The van der Waals surface area contributed by atoms with Gasteiger partial charge < -0.3 is 14.1 Å². The first-order valence-electron chi connectivity index (χ1n) is 10.1.